The Hall–Kier alpha value is -7.02. The monoisotopic (exact) mass is 923 g/mol. The van der Waals surface area contributed by atoms with Crippen molar-refractivity contribution in [2.75, 3.05) is 31.7 Å². The third-order valence-electron chi connectivity index (χ3n) is 13.8. The molecule has 10 rings (SSSR count). The lowest BCUT2D eigenvalue weighted by molar-refractivity contribution is -0.139. The number of phenols is 1. The molecule has 2 N–H and O–H groups in total. The smallest absolute Gasteiger partial charge is 0.260 e. The first kappa shape index (κ1) is 42.9. The van der Waals surface area contributed by atoms with Gasteiger partial charge in [-0.1, -0.05) is 71.3 Å². The van der Waals surface area contributed by atoms with Gasteiger partial charge < -0.3 is 24.1 Å². The van der Waals surface area contributed by atoms with E-state index in [0.29, 0.717) is 50.4 Å². The minimum absolute atomic E-state index is 0.0428. The first-order chi connectivity index (χ1) is 31.9. The molecule has 6 unspecified atom stereocenters. The number of hydrogen-bond acceptors (Lipinski definition) is 10. The SMILES string of the molecule is COc1ccc(C23C(=O)N(Nc4ccc(Cl)cc4Cl)C(=O)C2CC2C(=CCC4C(=O)N(c5ccc(C=Cc6cc(OC)ccc6OC)cc5)C(=O)C42)C3C2=COc3ccc(O)cc3C2)cc1. The summed E-state index contributed by atoms with van der Waals surface area (Å²) in [6.07, 6.45) is 8.01. The van der Waals surface area contributed by atoms with Crippen LogP contribution in [0.15, 0.2) is 127 Å². The van der Waals surface area contributed by atoms with Gasteiger partial charge in [0.05, 0.1) is 67.2 Å². The zero-order valence-corrected chi connectivity index (χ0v) is 37.5. The van der Waals surface area contributed by atoms with Gasteiger partial charge in [-0.15, -0.1) is 0 Å². The van der Waals surface area contributed by atoms with Crippen LogP contribution in [-0.2, 0) is 31.0 Å². The summed E-state index contributed by atoms with van der Waals surface area (Å²) in [5.74, 6) is -3.26. The number of rotatable bonds is 10. The molecule has 14 heteroatoms. The molecule has 66 heavy (non-hydrogen) atoms. The summed E-state index contributed by atoms with van der Waals surface area (Å²) in [6, 6.07) is 29.4. The fourth-order valence-electron chi connectivity index (χ4n) is 10.8. The highest BCUT2D eigenvalue weighted by Gasteiger charge is 2.71. The summed E-state index contributed by atoms with van der Waals surface area (Å²) in [6.45, 7) is 0. The van der Waals surface area contributed by atoms with Crippen molar-refractivity contribution >= 4 is 70.4 Å². The number of anilines is 2. The second kappa shape index (κ2) is 16.8. The number of halogens is 2. The molecule has 5 aromatic carbocycles. The van der Waals surface area contributed by atoms with Crippen molar-refractivity contribution in [1.82, 2.24) is 5.01 Å². The summed E-state index contributed by atoms with van der Waals surface area (Å²) in [5.41, 5.74) is 6.50. The lowest BCUT2D eigenvalue weighted by atomic mass is 9.48. The molecule has 4 amide bonds. The van der Waals surface area contributed by atoms with E-state index in [2.05, 4.69) is 5.43 Å². The van der Waals surface area contributed by atoms with Crippen LogP contribution in [0.4, 0.5) is 11.4 Å². The van der Waals surface area contributed by atoms with Gasteiger partial charge >= 0.3 is 0 Å². The Bertz CT molecular complexity index is 2930. The maximum absolute atomic E-state index is 15.7. The number of methoxy groups -OCH3 is 3. The summed E-state index contributed by atoms with van der Waals surface area (Å²) in [7, 11) is 4.75. The molecular formula is C52H43Cl2N3O9. The number of allylic oxidation sites excluding steroid dienone is 3. The number of fused-ring (bicyclic) bond motifs is 5. The average molecular weight is 925 g/mol. The van der Waals surface area contributed by atoms with Crippen molar-refractivity contribution in [1.29, 1.82) is 0 Å². The topological polar surface area (TPSA) is 144 Å². The largest absolute Gasteiger partial charge is 0.508 e. The molecule has 12 nitrogen and oxygen atoms in total. The molecule has 2 aliphatic carbocycles. The molecule has 3 aliphatic heterocycles. The van der Waals surface area contributed by atoms with E-state index in [-0.39, 0.29) is 47.5 Å². The third kappa shape index (κ3) is 6.89. The summed E-state index contributed by atoms with van der Waals surface area (Å²) < 4.78 is 22.7. The van der Waals surface area contributed by atoms with E-state index in [4.69, 9.17) is 42.1 Å². The molecular weight excluding hydrogens is 881 g/mol. The van der Waals surface area contributed by atoms with Gasteiger partial charge in [0.15, 0.2) is 0 Å². The third-order valence-corrected chi connectivity index (χ3v) is 14.3. The van der Waals surface area contributed by atoms with E-state index in [1.54, 1.807) is 88.3 Å². The Balaban J connectivity index is 1.06. The number of hydrazine groups is 1. The molecule has 2 saturated heterocycles. The van der Waals surface area contributed by atoms with Crippen molar-refractivity contribution in [3.05, 3.63) is 159 Å². The van der Waals surface area contributed by atoms with E-state index in [9.17, 15) is 9.90 Å². The number of hydrogen-bond donors (Lipinski definition) is 2. The van der Waals surface area contributed by atoms with Crippen molar-refractivity contribution in [3.8, 4) is 28.7 Å². The molecule has 3 heterocycles. The van der Waals surface area contributed by atoms with Crippen LogP contribution in [0, 0.1) is 29.6 Å². The van der Waals surface area contributed by atoms with Crippen LogP contribution >= 0.6 is 23.2 Å². The predicted octanol–water partition coefficient (Wildman–Crippen LogP) is 9.44. The van der Waals surface area contributed by atoms with E-state index in [1.807, 2.05) is 48.6 Å². The van der Waals surface area contributed by atoms with Gasteiger partial charge in [-0.05, 0) is 114 Å². The number of benzene rings is 5. The summed E-state index contributed by atoms with van der Waals surface area (Å²) >= 11 is 12.9. The van der Waals surface area contributed by atoms with E-state index in [1.165, 1.54) is 17.0 Å². The number of carbonyl (C=O) groups is 4. The Morgan fingerprint density at radius 2 is 1.55 bits per heavy atom. The van der Waals surface area contributed by atoms with Crippen molar-refractivity contribution in [3.63, 3.8) is 0 Å². The highest BCUT2D eigenvalue weighted by Crippen LogP contribution is 2.63. The zero-order valence-electron chi connectivity index (χ0n) is 36.0. The standard InChI is InChI=1S/C52H43Cl2N3O9/c1-63-36-14-8-32(9-15-36)52-41(49(60)57(51(52)62)55-43-19-10-33(53)25-42(43)54)26-40-38(47(52)31-22-30-23-35(58)13-20-45(30)66-27-31)17-18-39-46(40)50(61)56(48(39)59)34-11-5-28(6-12-34)4-7-29-24-37(64-2)16-21-44(29)65-3/h4-17,19-21,23-25,27,39-41,46-47,55,58H,18,22,26H2,1-3H3. The Morgan fingerprint density at radius 3 is 2.27 bits per heavy atom. The number of nitrogens with zero attached hydrogens (tertiary/aromatic N) is 2. The number of aromatic hydroxyl groups is 1. The maximum atomic E-state index is 15.7. The summed E-state index contributed by atoms with van der Waals surface area (Å²) in [4.78, 5) is 61.7. The second-order valence-corrected chi connectivity index (χ2v) is 17.9. The fourth-order valence-corrected chi connectivity index (χ4v) is 11.3. The molecule has 5 aromatic rings. The van der Waals surface area contributed by atoms with Crippen molar-refractivity contribution in [2.24, 2.45) is 29.6 Å². The number of imide groups is 2. The predicted molar refractivity (Wildman–Crippen MR) is 249 cm³/mol. The Morgan fingerprint density at radius 1 is 0.788 bits per heavy atom. The van der Waals surface area contributed by atoms with Crippen LogP contribution in [0.25, 0.3) is 12.2 Å². The van der Waals surface area contributed by atoms with Gasteiger partial charge in [-0.2, -0.15) is 5.01 Å². The van der Waals surface area contributed by atoms with Gasteiger partial charge in [-0.3, -0.25) is 29.5 Å². The van der Waals surface area contributed by atoms with Gasteiger partial charge in [0, 0.05) is 28.5 Å². The van der Waals surface area contributed by atoms with Crippen molar-refractivity contribution < 1.29 is 43.2 Å². The van der Waals surface area contributed by atoms with Gasteiger partial charge in [0.1, 0.15) is 28.7 Å². The quantitative estimate of drug-likeness (QED) is 0.0790. The van der Waals surface area contributed by atoms with Crippen LogP contribution in [0.3, 0.4) is 0 Å². The van der Waals surface area contributed by atoms with Crippen LogP contribution in [-0.4, -0.2) is 55.1 Å². The molecule has 334 valence electrons. The molecule has 0 aromatic heterocycles. The second-order valence-electron chi connectivity index (χ2n) is 17.0. The zero-order chi connectivity index (χ0) is 46.0. The van der Waals surface area contributed by atoms with Crippen LogP contribution < -0.4 is 29.3 Å². The van der Waals surface area contributed by atoms with E-state index < -0.39 is 46.8 Å². The normalized spacial score (nSPS) is 24.2. The maximum Gasteiger partial charge on any atom is 0.260 e. The van der Waals surface area contributed by atoms with Crippen LogP contribution in [0.1, 0.15) is 35.1 Å². The molecule has 0 bridgehead atoms. The van der Waals surface area contributed by atoms with Crippen LogP contribution in [0.2, 0.25) is 10.0 Å². The van der Waals surface area contributed by atoms with E-state index >= 15 is 14.4 Å². The molecule has 1 saturated carbocycles. The molecule has 0 spiro atoms. The molecule has 6 atom stereocenters. The minimum Gasteiger partial charge on any atom is -0.508 e. The number of nitrogens with one attached hydrogen (secondary N) is 1. The van der Waals surface area contributed by atoms with Gasteiger partial charge in [-0.25, -0.2) is 0 Å². The van der Waals surface area contributed by atoms with Crippen LogP contribution in [0.5, 0.6) is 28.7 Å². The molecule has 0 radical (unpaired) electrons. The average Bonchev–Trinajstić information content (AvgIpc) is 3.71. The Kier molecular flexibility index (Phi) is 10.9. The lowest BCUT2D eigenvalue weighted by Crippen LogP contribution is -2.55. The van der Waals surface area contributed by atoms with Crippen molar-refractivity contribution in [2.45, 2.75) is 24.7 Å². The van der Waals surface area contributed by atoms with E-state index in [0.717, 1.165) is 21.7 Å². The number of carbonyl (C=O) groups excluding carboxylic acids is 4. The lowest BCUT2D eigenvalue weighted by Gasteiger charge is -2.51. The summed E-state index contributed by atoms with van der Waals surface area (Å²) in [5, 5.41) is 12.2. The first-order valence-electron chi connectivity index (χ1n) is 21.4. The highest BCUT2D eigenvalue weighted by molar-refractivity contribution is 6.36. The first-order valence-corrected chi connectivity index (χ1v) is 22.2. The van der Waals surface area contributed by atoms with Gasteiger partial charge in [0.25, 0.3) is 11.8 Å². The molecule has 3 fully saturated rings. The Labute approximate surface area is 390 Å². The fraction of sp³-hybridized carbons (Fsp3) is 0.231. The number of amides is 4. The van der Waals surface area contributed by atoms with Gasteiger partial charge in [0.2, 0.25) is 11.8 Å². The highest BCUT2D eigenvalue weighted by atomic mass is 35.5. The minimum atomic E-state index is -1.57. The number of phenolic OH excluding ortho intramolecular Hbond substituents is 1. The number of ether oxygens (including phenoxy) is 4. The molecule has 5 aliphatic rings.